The Bertz CT molecular complexity index is 368. The topological polar surface area (TPSA) is 21.3 Å². The molecule has 1 atom stereocenters. The Hall–Kier alpha value is -0.570. The van der Waals surface area contributed by atoms with Gasteiger partial charge in [0.15, 0.2) is 0 Å². The molecule has 0 aliphatic carbocycles. The van der Waals surface area contributed by atoms with E-state index in [1.54, 1.807) is 0 Å². The Morgan fingerprint density at radius 2 is 2.10 bits per heavy atom. The summed E-state index contributed by atoms with van der Waals surface area (Å²) in [5.41, 5.74) is 1.31. The fraction of sp³-hybridized carbons (Fsp3) is 0.647. The molecule has 0 spiro atoms. The van der Waals surface area contributed by atoms with Crippen LogP contribution in [0.5, 0.6) is 0 Å². The lowest BCUT2D eigenvalue weighted by atomic mass is 9.96. The molecule has 0 aliphatic rings. The molecule has 0 fully saturated rings. The first-order valence-corrected chi connectivity index (χ1v) is 8.02. The number of ether oxygens (including phenoxy) is 1. The van der Waals surface area contributed by atoms with Crippen LogP contribution in [0.1, 0.15) is 32.8 Å². The average Bonchev–Trinajstić information content (AvgIpc) is 2.40. The van der Waals surface area contributed by atoms with Gasteiger partial charge >= 0.3 is 0 Å². The summed E-state index contributed by atoms with van der Waals surface area (Å²) in [5, 5.41) is 4.26. The van der Waals surface area contributed by atoms with E-state index in [2.05, 4.69) is 38.2 Å². The van der Waals surface area contributed by atoms with Gasteiger partial charge in [0.25, 0.3) is 0 Å². The van der Waals surface area contributed by atoms with Crippen LogP contribution in [0, 0.1) is 11.8 Å². The van der Waals surface area contributed by atoms with Gasteiger partial charge < -0.3 is 10.1 Å². The summed E-state index contributed by atoms with van der Waals surface area (Å²) >= 11 is 6.05. The van der Waals surface area contributed by atoms with Crippen molar-refractivity contribution in [3.63, 3.8) is 0 Å². The number of hydrogen-bond donors (Lipinski definition) is 1. The molecular weight excluding hydrogens is 270 g/mol. The second-order valence-corrected chi connectivity index (χ2v) is 6.20. The predicted molar refractivity (Wildman–Crippen MR) is 87.5 cm³/mol. The van der Waals surface area contributed by atoms with E-state index < -0.39 is 0 Å². The van der Waals surface area contributed by atoms with Gasteiger partial charge in [-0.05, 0) is 55.5 Å². The summed E-state index contributed by atoms with van der Waals surface area (Å²) in [6.07, 6.45) is 2.14. The zero-order chi connectivity index (χ0) is 14.8. The van der Waals surface area contributed by atoms with Crippen LogP contribution in [-0.2, 0) is 11.2 Å². The Morgan fingerprint density at radius 1 is 1.30 bits per heavy atom. The number of benzene rings is 1. The van der Waals surface area contributed by atoms with Gasteiger partial charge in [-0.3, -0.25) is 0 Å². The van der Waals surface area contributed by atoms with Gasteiger partial charge in [0.2, 0.25) is 0 Å². The molecule has 0 amide bonds. The van der Waals surface area contributed by atoms with E-state index in [-0.39, 0.29) is 0 Å². The van der Waals surface area contributed by atoms with Crippen molar-refractivity contribution in [2.75, 3.05) is 26.3 Å². The first-order valence-electron chi connectivity index (χ1n) is 7.64. The number of hydrogen-bond acceptors (Lipinski definition) is 2. The van der Waals surface area contributed by atoms with Gasteiger partial charge in [-0.15, -0.1) is 0 Å². The lowest BCUT2D eigenvalue weighted by Crippen LogP contribution is -2.25. The molecule has 0 saturated heterocycles. The van der Waals surface area contributed by atoms with E-state index in [0.29, 0.717) is 11.8 Å². The summed E-state index contributed by atoms with van der Waals surface area (Å²) in [4.78, 5) is 0. The largest absolute Gasteiger partial charge is 0.381 e. The molecule has 1 aromatic carbocycles. The molecule has 3 heteroatoms. The standard InChI is InChI=1S/C17H28ClNO/c1-4-19-12-16(8-9-20-13-14(2)3)10-15-6-5-7-17(18)11-15/h5-7,11,14,16,19H,4,8-10,12-13H2,1-3H3. The molecule has 0 aromatic heterocycles. The maximum absolute atomic E-state index is 6.05. The fourth-order valence-electron chi connectivity index (χ4n) is 2.19. The molecule has 0 heterocycles. The van der Waals surface area contributed by atoms with E-state index in [1.807, 2.05) is 12.1 Å². The molecule has 1 unspecified atom stereocenters. The highest BCUT2D eigenvalue weighted by molar-refractivity contribution is 6.30. The molecular formula is C17H28ClNO. The highest BCUT2D eigenvalue weighted by Gasteiger charge is 2.10. The van der Waals surface area contributed by atoms with Crippen LogP contribution in [-0.4, -0.2) is 26.3 Å². The van der Waals surface area contributed by atoms with Crippen molar-refractivity contribution < 1.29 is 4.74 Å². The van der Waals surface area contributed by atoms with Crippen LogP contribution < -0.4 is 5.32 Å². The minimum absolute atomic E-state index is 0.598. The number of rotatable bonds is 10. The average molecular weight is 298 g/mol. The first-order chi connectivity index (χ1) is 9.61. The second kappa shape index (κ2) is 10.2. The minimum Gasteiger partial charge on any atom is -0.381 e. The quantitative estimate of drug-likeness (QED) is 0.654. The zero-order valence-corrected chi connectivity index (χ0v) is 13.7. The van der Waals surface area contributed by atoms with Crippen LogP contribution >= 0.6 is 11.6 Å². The lowest BCUT2D eigenvalue weighted by Gasteiger charge is -2.18. The summed E-state index contributed by atoms with van der Waals surface area (Å²) in [6.45, 7) is 10.3. The third-order valence-electron chi connectivity index (χ3n) is 3.22. The minimum atomic E-state index is 0.598. The van der Waals surface area contributed by atoms with Crippen LogP contribution in [0.2, 0.25) is 5.02 Å². The van der Waals surface area contributed by atoms with Crippen molar-refractivity contribution in [1.29, 1.82) is 0 Å². The SMILES string of the molecule is CCNCC(CCOCC(C)C)Cc1cccc(Cl)c1. The van der Waals surface area contributed by atoms with Crippen molar-refractivity contribution in [2.24, 2.45) is 11.8 Å². The number of halogens is 1. The Kier molecular flexibility index (Phi) is 8.92. The summed E-state index contributed by atoms with van der Waals surface area (Å²) in [7, 11) is 0. The summed E-state index contributed by atoms with van der Waals surface area (Å²) in [6, 6.07) is 8.17. The van der Waals surface area contributed by atoms with Gasteiger partial charge in [0, 0.05) is 18.2 Å². The van der Waals surface area contributed by atoms with E-state index >= 15 is 0 Å². The Balaban J connectivity index is 2.42. The number of nitrogens with one attached hydrogen (secondary N) is 1. The molecule has 1 rings (SSSR count). The third kappa shape index (κ3) is 7.88. The fourth-order valence-corrected chi connectivity index (χ4v) is 2.40. The predicted octanol–water partition coefficient (Wildman–Crippen LogP) is 4.17. The van der Waals surface area contributed by atoms with Crippen molar-refractivity contribution >= 4 is 11.6 Å². The first kappa shape index (κ1) is 17.5. The molecule has 1 aromatic rings. The van der Waals surface area contributed by atoms with Crippen molar-refractivity contribution in [1.82, 2.24) is 5.32 Å². The second-order valence-electron chi connectivity index (χ2n) is 5.77. The summed E-state index contributed by atoms with van der Waals surface area (Å²) in [5.74, 6) is 1.20. The maximum atomic E-state index is 6.05. The van der Waals surface area contributed by atoms with E-state index in [0.717, 1.165) is 44.2 Å². The van der Waals surface area contributed by atoms with Gasteiger partial charge in [-0.2, -0.15) is 0 Å². The lowest BCUT2D eigenvalue weighted by molar-refractivity contribution is 0.0976. The van der Waals surface area contributed by atoms with Crippen LogP contribution in [0.4, 0.5) is 0 Å². The molecule has 0 aliphatic heterocycles. The molecule has 2 nitrogen and oxygen atoms in total. The van der Waals surface area contributed by atoms with Gasteiger partial charge in [0.05, 0.1) is 0 Å². The van der Waals surface area contributed by atoms with Gasteiger partial charge in [-0.1, -0.05) is 44.5 Å². The van der Waals surface area contributed by atoms with Crippen molar-refractivity contribution in [3.05, 3.63) is 34.9 Å². The molecule has 0 saturated carbocycles. The van der Waals surface area contributed by atoms with Crippen molar-refractivity contribution in [2.45, 2.75) is 33.6 Å². The van der Waals surface area contributed by atoms with E-state index in [9.17, 15) is 0 Å². The highest BCUT2D eigenvalue weighted by Crippen LogP contribution is 2.16. The van der Waals surface area contributed by atoms with Gasteiger partial charge in [0.1, 0.15) is 0 Å². The summed E-state index contributed by atoms with van der Waals surface area (Å²) < 4.78 is 5.71. The Labute approximate surface area is 128 Å². The molecule has 1 N–H and O–H groups in total. The smallest absolute Gasteiger partial charge is 0.0488 e. The van der Waals surface area contributed by atoms with Crippen LogP contribution in [0.3, 0.4) is 0 Å². The maximum Gasteiger partial charge on any atom is 0.0488 e. The van der Waals surface area contributed by atoms with E-state index in [4.69, 9.17) is 16.3 Å². The highest BCUT2D eigenvalue weighted by atomic mass is 35.5. The molecule has 0 radical (unpaired) electrons. The Morgan fingerprint density at radius 3 is 2.75 bits per heavy atom. The van der Waals surface area contributed by atoms with Crippen LogP contribution in [0.15, 0.2) is 24.3 Å². The van der Waals surface area contributed by atoms with Gasteiger partial charge in [-0.25, -0.2) is 0 Å². The monoisotopic (exact) mass is 297 g/mol. The normalized spacial score (nSPS) is 12.8. The molecule has 114 valence electrons. The van der Waals surface area contributed by atoms with Crippen molar-refractivity contribution in [3.8, 4) is 0 Å². The third-order valence-corrected chi connectivity index (χ3v) is 3.45. The zero-order valence-electron chi connectivity index (χ0n) is 13.0. The van der Waals surface area contributed by atoms with Crippen LogP contribution in [0.25, 0.3) is 0 Å². The van der Waals surface area contributed by atoms with E-state index in [1.165, 1.54) is 5.56 Å². The molecule has 0 bridgehead atoms. The molecule has 20 heavy (non-hydrogen) atoms.